The number of nitrogens with one attached hydrogen (secondary N) is 2. The zero-order chi connectivity index (χ0) is 16.8. The van der Waals surface area contributed by atoms with Crippen molar-refractivity contribution >= 4 is 29.1 Å². The largest absolute Gasteiger partial charge is 0.495 e. The van der Waals surface area contributed by atoms with Crippen LogP contribution in [0.5, 0.6) is 11.5 Å². The van der Waals surface area contributed by atoms with E-state index in [1.807, 2.05) is 0 Å². The number of methoxy groups -OCH3 is 2. The molecule has 8 heteroatoms. The summed E-state index contributed by atoms with van der Waals surface area (Å²) in [6.07, 6.45) is 1.58. The van der Waals surface area contributed by atoms with E-state index >= 15 is 0 Å². The fourth-order valence-corrected chi connectivity index (χ4v) is 2.06. The lowest BCUT2D eigenvalue weighted by Crippen LogP contribution is -2.11. The van der Waals surface area contributed by atoms with Gasteiger partial charge in [-0.1, -0.05) is 25.4 Å². The number of nitrogens with zero attached hydrogens (tertiary/aromatic N) is 3. The second-order valence-electron chi connectivity index (χ2n) is 5.25. The minimum absolute atomic E-state index is 0.349. The van der Waals surface area contributed by atoms with Crippen LogP contribution in [0.3, 0.4) is 0 Å². The van der Waals surface area contributed by atoms with Crippen molar-refractivity contribution in [2.75, 3.05) is 31.4 Å². The SMILES string of the molecule is COc1cc(Nc2nncc(NCC(C)C)n2)c(OC)cc1Cl. The Balaban J connectivity index is 2.23. The molecule has 0 atom stereocenters. The second kappa shape index (κ2) is 7.82. The lowest BCUT2D eigenvalue weighted by molar-refractivity contribution is 0.405. The van der Waals surface area contributed by atoms with Gasteiger partial charge in [0, 0.05) is 18.7 Å². The molecule has 7 nitrogen and oxygen atoms in total. The highest BCUT2D eigenvalue weighted by Gasteiger charge is 2.12. The van der Waals surface area contributed by atoms with E-state index in [4.69, 9.17) is 21.1 Å². The number of ether oxygens (including phenoxy) is 2. The van der Waals surface area contributed by atoms with Crippen LogP contribution in [0.4, 0.5) is 17.5 Å². The van der Waals surface area contributed by atoms with Crippen molar-refractivity contribution in [1.82, 2.24) is 15.2 Å². The molecular formula is C15H20ClN5O2. The standard InChI is InChI=1S/C15H20ClN5O2/c1-9(2)7-17-14-8-18-21-15(20-14)19-11-6-12(22-3)10(16)5-13(11)23-4/h5-6,8-9H,7H2,1-4H3,(H2,17,19,20,21). The molecule has 1 aromatic carbocycles. The molecule has 0 aliphatic carbocycles. The highest BCUT2D eigenvalue weighted by Crippen LogP contribution is 2.36. The van der Waals surface area contributed by atoms with Crippen molar-refractivity contribution in [3.63, 3.8) is 0 Å². The van der Waals surface area contributed by atoms with Crippen LogP contribution in [0, 0.1) is 5.92 Å². The van der Waals surface area contributed by atoms with Gasteiger partial charge in [0.1, 0.15) is 11.5 Å². The van der Waals surface area contributed by atoms with Crippen molar-refractivity contribution < 1.29 is 9.47 Å². The van der Waals surface area contributed by atoms with Crippen molar-refractivity contribution in [3.05, 3.63) is 23.4 Å². The Morgan fingerprint density at radius 2 is 1.91 bits per heavy atom. The zero-order valence-corrected chi connectivity index (χ0v) is 14.3. The quantitative estimate of drug-likeness (QED) is 0.801. The van der Waals surface area contributed by atoms with E-state index in [0.717, 1.165) is 6.54 Å². The van der Waals surface area contributed by atoms with Gasteiger partial charge >= 0.3 is 0 Å². The molecular weight excluding hydrogens is 318 g/mol. The van der Waals surface area contributed by atoms with Crippen molar-refractivity contribution in [2.45, 2.75) is 13.8 Å². The van der Waals surface area contributed by atoms with Crippen LogP contribution in [0.1, 0.15) is 13.8 Å². The second-order valence-corrected chi connectivity index (χ2v) is 5.66. The number of benzene rings is 1. The highest BCUT2D eigenvalue weighted by molar-refractivity contribution is 6.32. The minimum Gasteiger partial charge on any atom is -0.495 e. The predicted octanol–water partition coefficient (Wildman–Crippen LogP) is 3.35. The average Bonchev–Trinajstić information content (AvgIpc) is 2.54. The first-order valence-corrected chi connectivity index (χ1v) is 7.53. The highest BCUT2D eigenvalue weighted by atomic mass is 35.5. The number of hydrogen-bond donors (Lipinski definition) is 2. The molecule has 0 aliphatic rings. The topological polar surface area (TPSA) is 81.2 Å². The summed E-state index contributed by atoms with van der Waals surface area (Å²) in [5.74, 6) is 2.58. The molecule has 2 aromatic rings. The summed E-state index contributed by atoms with van der Waals surface area (Å²) in [6.45, 7) is 5.04. The van der Waals surface area contributed by atoms with Crippen molar-refractivity contribution in [1.29, 1.82) is 0 Å². The molecule has 0 amide bonds. The lowest BCUT2D eigenvalue weighted by atomic mass is 10.2. The summed E-state index contributed by atoms with van der Waals surface area (Å²) in [6, 6.07) is 3.38. The van der Waals surface area contributed by atoms with E-state index < -0.39 is 0 Å². The van der Waals surface area contributed by atoms with Gasteiger partial charge in [0.15, 0.2) is 5.82 Å². The first-order chi connectivity index (χ1) is 11.0. The smallest absolute Gasteiger partial charge is 0.249 e. The predicted molar refractivity (Wildman–Crippen MR) is 91.0 cm³/mol. The number of anilines is 3. The Morgan fingerprint density at radius 3 is 2.57 bits per heavy atom. The van der Waals surface area contributed by atoms with E-state index in [2.05, 4.69) is 39.7 Å². The molecule has 0 radical (unpaired) electrons. The van der Waals surface area contributed by atoms with Gasteiger partial charge in [-0.25, -0.2) is 0 Å². The first kappa shape index (κ1) is 17.1. The zero-order valence-electron chi connectivity index (χ0n) is 13.6. The summed E-state index contributed by atoms with van der Waals surface area (Å²) in [5.41, 5.74) is 0.636. The lowest BCUT2D eigenvalue weighted by Gasteiger charge is -2.13. The average molecular weight is 338 g/mol. The van der Waals surface area contributed by atoms with Gasteiger partial charge in [-0.3, -0.25) is 0 Å². The van der Waals surface area contributed by atoms with Gasteiger partial charge in [-0.2, -0.15) is 10.1 Å². The first-order valence-electron chi connectivity index (χ1n) is 7.15. The van der Waals surface area contributed by atoms with E-state index in [1.165, 1.54) is 0 Å². The number of rotatable bonds is 7. The molecule has 0 saturated heterocycles. The molecule has 1 aromatic heterocycles. The van der Waals surface area contributed by atoms with Crippen LogP contribution in [0.15, 0.2) is 18.3 Å². The third kappa shape index (κ3) is 4.59. The monoisotopic (exact) mass is 337 g/mol. The molecule has 0 spiro atoms. The van der Waals surface area contributed by atoms with Gasteiger partial charge in [-0.05, 0) is 5.92 Å². The fraction of sp³-hybridized carbons (Fsp3) is 0.400. The normalized spacial score (nSPS) is 10.5. The third-order valence-corrected chi connectivity index (χ3v) is 3.27. The summed E-state index contributed by atoms with van der Waals surface area (Å²) < 4.78 is 10.5. The number of halogens is 1. The van der Waals surface area contributed by atoms with Crippen molar-refractivity contribution in [2.24, 2.45) is 5.92 Å². The van der Waals surface area contributed by atoms with Gasteiger partial charge in [0.25, 0.3) is 0 Å². The molecule has 2 rings (SSSR count). The van der Waals surface area contributed by atoms with Crippen LogP contribution in [-0.2, 0) is 0 Å². The Hall–Kier alpha value is -2.28. The van der Waals surface area contributed by atoms with E-state index in [1.54, 1.807) is 32.5 Å². The maximum atomic E-state index is 6.09. The Kier molecular flexibility index (Phi) is 5.81. The third-order valence-electron chi connectivity index (χ3n) is 2.97. The van der Waals surface area contributed by atoms with Gasteiger partial charge in [0.2, 0.25) is 5.95 Å². The van der Waals surface area contributed by atoms with Gasteiger partial charge in [0.05, 0.1) is 31.1 Å². The van der Waals surface area contributed by atoms with Crippen molar-refractivity contribution in [3.8, 4) is 11.5 Å². The van der Waals surface area contributed by atoms with E-state index in [-0.39, 0.29) is 0 Å². The molecule has 0 bridgehead atoms. The van der Waals surface area contributed by atoms with Crippen LogP contribution >= 0.6 is 11.6 Å². The summed E-state index contributed by atoms with van der Waals surface area (Å²) in [4.78, 5) is 4.37. The minimum atomic E-state index is 0.349. The maximum Gasteiger partial charge on any atom is 0.249 e. The summed E-state index contributed by atoms with van der Waals surface area (Å²) >= 11 is 6.09. The van der Waals surface area contributed by atoms with Crippen LogP contribution in [0.2, 0.25) is 5.02 Å². The summed E-state index contributed by atoms with van der Waals surface area (Å²) in [5, 5.41) is 14.6. The molecule has 1 heterocycles. The maximum absolute atomic E-state index is 6.09. The molecule has 124 valence electrons. The van der Waals surface area contributed by atoms with Crippen LogP contribution < -0.4 is 20.1 Å². The molecule has 0 unspecified atom stereocenters. The molecule has 2 N–H and O–H groups in total. The van der Waals surface area contributed by atoms with Crippen LogP contribution in [0.25, 0.3) is 0 Å². The Morgan fingerprint density at radius 1 is 1.17 bits per heavy atom. The number of hydrogen-bond acceptors (Lipinski definition) is 7. The Bertz CT molecular complexity index is 666. The Labute approximate surface area is 140 Å². The van der Waals surface area contributed by atoms with Gasteiger partial charge in [-0.15, -0.1) is 5.10 Å². The number of aromatic nitrogens is 3. The molecule has 0 fully saturated rings. The van der Waals surface area contributed by atoms with Gasteiger partial charge < -0.3 is 20.1 Å². The summed E-state index contributed by atoms with van der Waals surface area (Å²) in [7, 11) is 3.11. The van der Waals surface area contributed by atoms with E-state index in [0.29, 0.717) is 39.9 Å². The molecule has 23 heavy (non-hydrogen) atoms. The van der Waals surface area contributed by atoms with Crippen LogP contribution in [-0.4, -0.2) is 35.9 Å². The van der Waals surface area contributed by atoms with E-state index in [9.17, 15) is 0 Å². The fourth-order valence-electron chi connectivity index (χ4n) is 1.83. The molecule has 0 aliphatic heterocycles. The molecule has 0 saturated carbocycles.